The zero-order chi connectivity index (χ0) is 28.5. The lowest BCUT2D eigenvalue weighted by molar-refractivity contribution is -0.384. The molecule has 0 radical (unpaired) electrons. The van der Waals surface area contributed by atoms with Crippen molar-refractivity contribution in [2.75, 3.05) is 4.90 Å². The van der Waals surface area contributed by atoms with E-state index in [1.807, 2.05) is 41.3 Å². The maximum atomic E-state index is 14.6. The van der Waals surface area contributed by atoms with E-state index in [2.05, 4.69) is 15.9 Å². The third-order valence-electron chi connectivity index (χ3n) is 8.53. The molecule has 41 heavy (non-hydrogen) atoms. The fourth-order valence-electron chi connectivity index (χ4n) is 6.93. The summed E-state index contributed by atoms with van der Waals surface area (Å²) in [5.41, 5.74) is 1.06. The van der Waals surface area contributed by atoms with Crippen LogP contribution in [0.4, 0.5) is 11.4 Å². The normalized spacial score (nSPS) is 21.5. The van der Waals surface area contributed by atoms with Crippen LogP contribution in [0.2, 0.25) is 0 Å². The number of anilines is 1. The van der Waals surface area contributed by atoms with Crippen molar-refractivity contribution in [1.82, 2.24) is 0 Å². The lowest BCUT2D eigenvalue weighted by Gasteiger charge is -2.37. The van der Waals surface area contributed by atoms with Crippen LogP contribution in [0.3, 0.4) is 0 Å². The molecule has 3 atom stereocenters. The summed E-state index contributed by atoms with van der Waals surface area (Å²) in [5.74, 6) is -2.03. The van der Waals surface area contributed by atoms with Crippen molar-refractivity contribution in [2.45, 2.75) is 18.0 Å². The Morgan fingerprint density at radius 1 is 0.854 bits per heavy atom. The molecule has 8 heteroatoms. The Kier molecular flexibility index (Phi) is 5.66. The number of Topliss-reactive ketones (excluding diaryl/α,β-unsaturated/α-hetero) is 3. The quantitative estimate of drug-likeness (QED) is 0.112. The van der Waals surface area contributed by atoms with Crippen molar-refractivity contribution >= 4 is 50.7 Å². The molecule has 2 aliphatic heterocycles. The van der Waals surface area contributed by atoms with Crippen molar-refractivity contribution in [2.24, 2.45) is 5.41 Å². The van der Waals surface area contributed by atoms with E-state index in [9.17, 15) is 24.5 Å². The highest BCUT2D eigenvalue weighted by Crippen LogP contribution is 2.61. The molecule has 4 aromatic carbocycles. The zero-order valence-corrected chi connectivity index (χ0v) is 23.0. The molecule has 2 heterocycles. The largest absolute Gasteiger partial charge is 0.352 e. The number of benzene rings is 4. The highest BCUT2D eigenvalue weighted by molar-refractivity contribution is 9.10. The van der Waals surface area contributed by atoms with E-state index in [-0.39, 0.29) is 23.0 Å². The zero-order valence-electron chi connectivity index (χ0n) is 21.4. The third kappa shape index (κ3) is 3.47. The van der Waals surface area contributed by atoms with Crippen LogP contribution in [0.1, 0.15) is 48.1 Å². The molecular formula is C33H21BrN2O5. The Morgan fingerprint density at radius 3 is 2.22 bits per heavy atom. The van der Waals surface area contributed by atoms with Gasteiger partial charge in [-0.15, -0.1) is 0 Å². The number of nitro benzene ring substituents is 1. The highest BCUT2D eigenvalue weighted by atomic mass is 79.9. The van der Waals surface area contributed by atoms with Gasteiger partial charge >= 0.3 is 0 Å². The third-order valence-corrected chi connectivity index (χ3v) is 9.03. The number of hydrogen-bond acceptors (Lipinski definition) is 6. The van der Waals surface area contributed by atoms with Crippen LogP contribution in [0.5, 0.6) is 0 Å². The monoisotopic (exact) mass is 604 g/mol. The smallest absolute Gasteiger partial charge is 0.269 e. The first-order valence-corrected chi connectivity index (χ1v) is 13.9. The summed E-state index contributed by atoms with van der Waals surface area (Å²) in [6.07, 6.45) is 3.71. The molecule has 1 saturated heterocycles. The summed E-state index contributed by atoms with van der Waals surface area (Å²) >= 11 is 3.52. The Morgan fingerprint density at radius 2 is 1.54 bits per heavy atom. The average molecular weight is 605 g/mol. The molecule has 0 N–H and O–H groups in total. The van der Waals surface area contributed by atoms with E-state index in [4.69, 9.17) is 0 Å². The van der Waals surface area contributed by atoms with Crippen LogP contribution in [-0.2, 0) is 0 Å². The van der Waals surface area contributed by atoms with Crippen molar-refractivity contribution in [1.29, 1.82) is 0 Å². The van der Waals surface area contributed by atoms with Gasteiger partial charge in [0.15, 0.2) is 17.3 Å². The summed E-state index contributed by atoms with van der Waals surface area (Å²) < 4.78 is 0.842. The van der Waals surface area contributed by atoms with Crippen LogP contribution in [0, 0.1) is 15.5 Å². The van der Waals surface area contributed by atoms with Gasteiger partial charge in [-0.05, 0) is 29.3 Å². The van der Waals surface area contributed by atoms with E-state index >= 15 is 0 Å². The van der Waals surface area contributed by atoms with Crippen molar-refractivity contribution in [3.63, 3.8) is 0 Å². The Hall–Kier alpha value is -4.69. The van der Waals surface area contributed by atoms with Gasteiger partial charge in [-0.1, -0.05) is 94.8 Å². The predicted molar refractivity (Wildman–Crippen MR) is 157 cm³/mol. The average Bonchev–Trinajstić information content (AvgIpc) is 3.43. The number of nitro groups is 1. The number of ketones is 3. The lowest BCUT2D eigenvalue weighted by Crippen LogP contribution is -2.48. The van der Waals surface area contributed by atoms with E-state index in [1.165, 1.54) is 12.1 Å². The number of carbonyl (C=O) groups excluding carboxylic acids is 3. The fraction of sp³-hybridized carbons (Fsp3) is 0.121. The van der Waals surface area contributed by atoms with Gasteiger partial charge in [-0.25, -0.2) is 0 Å². The molecule has 1 spiro atoms. The number of hydrogen-bond donors (Lipinski definition) is 0. The summed E-state index contributed by atoms with van der Waals surface area (Å²) in [7, 11) is 0. The van der Waals surface area contributed by atoms with Gasteiger partial charge in [0.2, 0.25) is 0 Å². The molecular weight excluding hydrogens is 584 g/mol. The number of nitrogens with zero attached hydrogens (tertiary/aromatic N) is 2. The summed E-state index contributed by atoms with van der Waals surface area (Å²) in [6, 6.07) is 25.3. The molecule has 7 nitrogen and oxygen atoms in total. The second kappa shape index (κ2) is 9.17. The maximum Gasteiger partial charge on any atom is 0.269 e. The van der Waals surface area contributed by atoms with Crippen LogP contribution in [0.15, 0.2) is 108 Å². The molecule has 3 aliphatic rings. The molecule has 7 rings (SSSR count). The van der Waals surface area contributed by atoms with Gasteiger partial charge in [0.05, 0.1) is 11.0 Å². The minimum Gasteiger partial charge on any atom is -0.352 e. The first-order valence-electron chi connectivity index (χ1n) is 13.1. The number of fused-ring (bicyclic) bond motifs is 5. The molecule has 0 bridgehead atoms. The van der Waals surface area contributed by atoms with Crippen molar-refractivity contribution < 1.29 is 19.3 Å². The number of rotatable bonds is 4. The highest BCUT2D eigenvalue weighted by Gasteiger charge is 2.71. The summed E-state index contributed by atoms with van der Waals surface area (Å²) in [6.45, 7) is 0. The molecule has 200 valence electrons. The maximum absolute atomic E-state index is 14.6. The Bertz CT molecular complexity index is 1800. The number of carbonyl (C=O) groups is 3. The minimum absolute atomic E-state index is 0.177. The summed E-state index contributed by atoms with van der Waals surface area (Å²) in [5, 5.41) is 11.9. The molecule has 1 unspecified atom stereocenters. The van der Waals surface area contributed by atoms with Crippen molar-refractivity contribution in [3.05, 3.63) is 146 Å². The van der Waals surface area contributed by atoms with Crippen LogP contribution < -0.4 is 4.90 Å². The van der Waals surface area contributed by atoms with Crippen LogP contribution >= 0.6 is 15.9 Å². The van der Waals surface area contributed by atoms with Gasteiger partial charge in [0.1, 0.15) is 11.5 Å². The van der Waals surface area contributed by atoms with E-state index in [0.29, 0.717) is 27.9 Å². The molecule has 1 aliphatic carbocycles. The fourth-order valence-corrected chi connectivity index (χ4v) is 7.30. The summed E-state index contributed by atoms with van der Waals surface area (Å²) in [4.78, 5) is 57.1. The van der Waals surface area contributed by atoms with E-state index < -0.39 is 28.3 Å². The molecule has 0 aromatic heterocycles. The first kappa shape index (κ1) is 25.3. The lowest BCUT2D eigenvalue weighted by atomic mass is 9.64. The Balaban J connectivity index is 1.57. The number of non-ortho nitro benzene ring substituents is 1. The molecule has 1 fully saturated rings. The Labute approximate surface area is 243 Å². The number of halogens is 1. The van der Waals surface area contributed by atoms with Gasteiger partial charge in [-0.3, -0.25) is 24.5 Å². The first-order chi connectivity index (χ1) is 19.8. The molecule has 4 aromatic rings. The second-order valence-electron chi connectivity index (χ2n) is 10.5. The SMILES string of the molecule is O=C(c1ccccc1)[C@@H]1[C@@H](c2cccc([N+](=O)[O-])c2)C2(C(=O)c3ccccc3C2=O)C2C=Cc3cc(Br)ccc3N21. The van der Waals surface area contributed by atoms with Crippen molar-refractivity contribution in [3.8, 4) is 0 Å². The standard InChI is InChI=1S/C33H21BrN2O5/c34-22-14-15-26-20(17-22)13-16-27-33(31(38)24-11-4-5-12-25(24)32(33)39)28(21-9-6-10-23(18-21)36(40)41)29(35(26)27)30(37)19-7-2-1-3-8-19/h1-18,27-29H/t27?,28-,29+/m1/s1. The minimum atomic E-state index is -1.71. The van der Waals surface area contributed by atoms with E-state index in [0.717, 1.165) is 10.0 Å². The van der Waals surface area contributed by atoms with Gasteiger partial charge in [0.25, 0.3) is 5.69 Å². The van der Waals surface area contributed by atoms with Crippen LogP contribution in [-0.4, -0.2) is 34.4 Å². The second-order valence-corrected chi connectivity index (χ2v) is 11.4. The van der Waals surface area contributed by atoms with E-state index in [1.54, 1.807) is 60.7 Å². The van der Waals surface area contributed by atoms with Crippen LogP contribution in [0.25, 0.3) is 6.08 Å². The topological polar surface area (TPSA) is 97.6 Å². The predicted octanol–water partition coefficient (Wildman–Crippen LogP) is 6.67. The molecule has 0 saturated carbocycles. The van der Waals surface area contributed by atoms with Gasteiger partial charge in [-0.2, -0.15) is 0 Å². The molecule has 0 amide bonds. The van der Waals surface area contributed by atoms with Gasteiger partial charge < -0.3 is 4.90 Å². The van der Waals surface area contributed by atoms with Gasteiger partial charge in [0, 0.05) is 44.9 Å².